The Morgan fingerprint density at radius 3 is 1.88 bits per heavy atom. The molecule has 0 aliphatic heterocycles. The van der Waals surface area contributed by atoms with Crippen LogP contribution in [0.5, 0.6) is 0 Å². The summed E-state index contributed by atoms with van der Waals surface area (Å²) in [7, 11) is 0. The zero-order valence-corrected chi connectivity index (χ0v) is 28.6. The number of fused-ring (bicyclic) bond motifs is 9. The molecule has 0 saturated heterocycles. The topological polar surface area (TPSA) is 22.8 Å². The van der Waals surface area contributed by atoms with E-state index in [1.54, 1.807) is 0 Å². The van der Waals surface area contributed by atoms with Gasteiger partial charge < -0.3 is 9.13 Å². The van der Waals surface area contributed by atoms with Crippen LogP contribution in [0.25, 0.3) is 93.4 Å². The van der Waals surface area contributed by atoms with Crippen LogP contribution in [-0.2, 0) is 6.42 Å². The van der Waals surface area contributed by atoms with Crippen LogP contribution in [0, 0.1) is 0 Å². The molecule has 0 N–H and O–H groups in total. The van der Waals surface area contributed by atoms with Crippen LogP contribution in [0.4, 0.5) is 0 Å². The van der Waals surface area contributed by atoms with Gasteiger partial charge in [-0.25, -0.2) is 0 Å². The molecule has 4 aromatic heterocycles. The third-order valence-corrected chi connectivity index (χ3v) is 11.9. The lowest BCUT2D eigenvalue weighted by molar-refractivity contribution is 1.01. The molecule has 6 aromatic carbocycles. The third kappa shape index (κ3) is 4.33. The van der Waals surface area contributed by atoms with Gasteiger partial charge in [-0.15, -0.1) is 11.3 Å². The van der Waals surface area contributed by atoms with Crippen molar-refractivity contribution in [3.8, 4) is 33.6 Å². The van der Waals surface area contributed by atoms with E-state index in [-0.39, 0.29) is 0 Å². The molecule has 3 nitrogen and oxygen atoms in total. The van der Waals surface area contributed by atoms with Crippen molar-refractivity contribution in [2.75, 3.05) is 0 Å². The van der Waals surface area contributed by atoms with Crippen LogP contribution in [-0.4, -0.2) is 14.1 Å². The number of rotatable bonds is 4. The maximum atomic E-state index is 4.78. The van der Waals surface area contributed by atoms with Crippen molar-refractivity contribution in [2.24, 2.45) is 0 Å². The van der Waals surface area contributed by atoms with Gasteiger partial charge in [0.1, 0.15) is 0 Å². The van der Waals surface area contributed by atoms with Crippen molar-refractivity contribution in [1.82, 2.24) is 14.1 Å². The second kappa shape index (κ2) is 11.1. The summed E-state index contributed by atoms with van der Waals surface area (Å²) in [6.07, 6.45) is 10.8. The highest BCUT2D eigenvalue weighted by atomic mass is 32.1. The van der Waals surface area contributed by atoms with E-state index in [0.717, 1.165) is 40.9 Å². The fourth-order valence-corrected chi connectivity index (χ4v) is 9.69. The van der Waals surface area contributed by atoms with Crippen LogP contribution >= 0.6 is 11.3 Å². The fourth-order valence-electron chi connectivity index (χ4n) is 8.38. The first kappa shape index (κ1) is 28.6. The van der Waals surface area contributed by atoms with E-state index >= 15 is 0 Å². The first-order chi connectivity index (χ1) is 25.3. The zero-order valence-electron chi connectivity index (χ0n) is 27.8. The number of thiophene rings is 1. The first-order valence-corrected chi connectivity index (χ1v) is 18.4. The van der Waals surface area contributed by atoms with Gasteiger partial charge in [-0.3, -0.25) is 4.98 Å². The molecule has 0 bridgehead atoms. The van der Waals surface area contributed by atoms with Gasteiger partial charge >= 0.3 is 0 Å². The Balaban J connectivity index is 1.05. The summed E-state index contributed by atoms with van der Waals surface area (Å²) in [5.41, 5.74) is 13.3. The van der Waals surface area contributed by atoms with Gasteiger partial charge in [-0.1, -0.05) is 91.0 Å². The van der Waals surface area contributed by atoms with Gasteiger partial charge in [-0.05, 0) is 90.0 Å². The standard InChI is InChI=1S/C47H31N3S/c1-5-19-42-36(13-1)37-14-2-6-20-43(37)50(42)34-23-24-45-41(27-34)38-15-3-7-21-44(38)49(45)33-12-9-11-30(26-33)31-25-32(29-48-28-31)35-17-10-18-40-39-16-4-8-22-46(39)51-47(35)40/h1-3,5-15,17-29H,4,16H2. The van der Waals surface area contributed by atoms with E-state index in [2.05, 4.69) is 161 Å². The summed E-state index contributed by atoms with van der Waals surface area (Å²) < 4.78 is 6.16. The second-order valence-corrected chi connectivity index (χ2v) is 14.6. The predicted octanol–water partition coefficient (Wildman–Crippen LogP) is 12.8. The second-order valence-electron chi connectivity index (χ2n) is 13.5. The highest BCUT2D eigenvalue weighted by molar-refractivity contribution is 7.20. The van der Waals surface area contributed by atoms with Crippen LogP contribution < -0.4 is 0 Å². The molecule has 51 heavy (non-hydrogen) atoms. The molecular weight excluding hydrogens is 639 g/mol. The number of nitrogens with zero attached hydrogens (tertiary/aromatic N) is 3. The quantitative estimate of drug-likeness (QED) is 0.183. The summed E-state index contributed by atoms with van der Waals surface area (Å²) in [4.78, 5) is 6.17. The zero-order chi connectivity index (χ0) is 33.5. The van der Waals surface area contributed by atoms with Crippen molar-refractivity contribution < 1.29 is 0 Å². The van der Waals surface area contributed by atoms with Crippen LogP contribution in [0.3, 0.4) is 0 Å². The smallest absolute Gasteiger partial charge is 0.0542 e. The molecule has 0 amide bonds. The Morgan fingerprint density at radius 2 is 1.12 bits per heavy atom. The third-order valence-electron chi connectivity index (χ3n) is 10.7. The molecule has 4 heteroatoms. The van der Waals surface area contributed by atoms with Crippen molar-refractivity contribution in [3.05, 3.63) is 168 Å². The lowest BCUT2D eigenvalue weighted by Gasteiger charge is -2.12. The average molecular weight is 670 g/mol. The van der Waals surface area contributed by atoms with Gasteiger partial charge in [0.2, 0.25) is 0 Å². The number of aryl methyl sites for hydroxylation is 1. The number of hydrogen-bond acceptors (Lipinski definition) is 2. The normalized spacial score (nSPS) is 12.9. The van der Waals surface area contributed by atoms with Crippen molar-refractivity contribution in [2.45, 2.75) is 12.8 Å². The Morgan fingerprint density at radius 1 is 0.490 bits per heavy atom. The average Bonchev–Trinajstić information content (AvgIpc) is 3.86. The van der Waals surface area contributed by atoms with E-state index in [1.165, 1.54) is 69.7 Å². The maximum Gasteiger partial charge on any atom is 0.0542 e. The molecule has 240 valence electrons. The molecule has 0 radical (unpaired) electrons. The molecule has 11 rings (SSSR count). The van der Waals surface area contributed by atoms with Gasteiger partial charge in [0, 0.05) is 71.6 Å². The van der Waals surface area contributed by atoms with Crippen LogP contribution in [0.2, 0.25) is 0 Å². The number of pyridine rings is 1. The molecule has 1 aliphatic carbocycles. The molecule has 0 fully saturated rings. The molecule has 1 aliphatic rings. The fraction of sp³-hybridized carbons (Fsp3) is 0.0426. The Bertz CT molecular complexity index is 2990. The minimum absolute atomic E-state index is 1.11. The molecule has 0 unspecified atom stereocenters. The van der Waals surface area contributed by atoms with E-state index in [1.807, 2.05) is 23.7 Å². The Labute approximate surface area is 299 Å². The van der Waals surface area contributed by atoms with Crippen molar-refractivity contribution in [3.63, 3.8) is 0 Å². The lowest BCUT2D eigenvalue weighted by atomic mass is 9.97. The highest BCUT2D eigenvalue weighted by Gasteiger charge is 2.18. The summed E-state index contributed by atoms with van der Waals surface area (Å²) in [5.74, 6) is 0. The number of aromatic nitrogens is 3. The number of allylic oxidation sites excluding steroid dienone is 1. The summed E-state index contributed by atoms with van der Waals surface area (Å²) in [5, 5.41) is 6.41. The number of para-hydroxylation sites is 3. The van der Waals surface area contributed by atoms with Gasteiger partial charge in [0.25, 0.3) is 0 Å². The van der Waals surface area contributed by atoms with E-state index in [0.29, 0.717) is 0 Å². The Kier molecular flexibility index (Phi) is 6.25. The number of hydrogen-bond donors (Lipinski definition) is 0. The lowest BCUT2D eigenvalue weighted by Crippen LogP contribution is -1.96. The predicted molar refractivity (Wildman–Crippen MR) is 217 cm³/mol. The van der Waals surface area contributed by atoms with Crippen LogP contribution in [0.1, 0.15) is 16.9 Å². The Hall–Kier alpha value is -6.23. The van der Waals surface area contributed by atoms with Crippen LogP contribution in [0.15, 0.2) is 158 Å². The minimum Gasteiger partial charge on any atom is -0.309 e. The minimum atomic E-state index is 1.11. The largest absolute Gasteiger partial charge is 0.309 e. The molecule has 4 heterocycles. The summed E-state index contributed by atoms with van der Waals surface area (Å²) in [6, 6.07) is 51.1. The van der Waals surface area contributed by atoms with Gasteiger partial charge in [0.05, 0.1) is 22.1 Å². The monoisotopic (exact) mass is 669 g/mol. The molecular formula is C47H31N3S. The molecule has 0 spiro atoms. The maximum absolute atomic E-state index is 4.78. The van der Waals surface area contributed by atoms with Crippen molar-refractivity contribution >= 4 is 71.1 Å². The summed E-state index contributed by atoms with van der Waals surface area (Å²) in [6.45, 7) is 0. The van der Waals surface area contributed by atoms with E-state index in [4.69, 9.17) is 4.98 Å². The van der Waals surface area contributed by atoms with Gasteiger partial charge in [-0.2, -0.15) is 0 Å². The SMILES string of the molecule is C1=Cc2sc3c(-c4cncc(-c5cccc(-n6c7ccccc7c7cc(-n8c9ccccc9c9ccccc98)ccc76)c5)c4)cccc3c2CC1. The van der Waals surface area contributed by atoms with Gasteiger partial charge in [0.15, 0.2) is 0 Å². The first-order valence-electron chi connectivity index (χ1n) is 17.6. The van der Waals surface area contributed by atoms with Crippen molar-refractivity contribution in [1.29, 1.82) is 0 Å². The molecule has 0 atom stereocenters. The van der Waals surface area contributed by atoms with E-state index in [9.17, 15) is 0 Å². The van der Waals surface area contributed by atoms with E-state index < -0.39 is 0 Å². The molecule has 0 saturated carbocycles. The summed E-state index contributed by atoms with van der Waals surface area (Å²) >= 11 is 1.91. The number of benzene rings is 6. The molecule has 10 aromatic rings. The highest BCUT2D eigenvalue weighted by Crippen LogP contribution is 2.42.